The molecule has 2 N–H and O–H groups in total. The number of carboxylic acid groups (broad SMARTS) is 1. The zero-order valence-electron chi connectivity index (χ0n) is 15.4. The standard InChI is InChI=1S/C21H24FNO4/c1-14(2)18(15-6-4-3-5-7-15)12-20(24)23-13-19(21(25)26)27-17-10-8-16(22)9-11-17/h3-11,14,18-19H,12-13H2,1-2H3,(H,23,24)(H,25,26). The lowest BCUT2D eigenvalue weighted by atomic mass is 9.85. The predicted molar refractivity (Wildman–Crippen MR) is 100 cm³/mol. The van der Waals surface area contributed by atoms with E-state index in [1.54, 1.807) is 0 Å². The lowest BCUT2D eigenvalue weighted by Gasteiger charge is -2.22. The van der Waals surface area contributed by atoms with E-state index in [1.165, 1.54) is 24.3 Å². The number of rotatable bonds is 9. The Balaban J connectivity index is 1.94. The van der Waals surface area contributed by atoms with Crippen molar-refractivity contribution < 1.29 is 23.8 Å². The number of ether oxygens (including phenoxy) is 1. The Morgan fingerprint density at radius 3 is 2.26 bits per heavy atom. The summed E-state index contributed by atoms with van der Waals surface area (Å²) in [7, 11) is 0. The molecule has 0 heterocycles. The zero-order valence-corrected chi connectivity index (χ0v) is 15.4. The summed E-state index contributed by atoms with van der Waals surface area (Å²) >= 11 is 0. The number of halogens is 1. The highest BCUT2D eigenvalue weighted by Crippen LogP contribution is 2.27. The Hall–Kier alpha value is -2.89. The molecular weight excluding hydrogens is 349 g/mol. The van der Waals surface area contributed by atoms with E-state index >= 15 is 0 Å². The van der Waals surface area contributed by atoms with Crippen LogP contribution >= 0.6 is 0 Å². The highest BCUT2D eigenvalue weighted by molar-refractivity contribution is 5.79. The highest BCUT2D eigenvalue weighted by Gasteiger charge is 2.23. The van der Waals surface area contributed by atoms with Crippen LogP contribution in [0.25, 0.3) is 0 Å². The fourth-order valence-corrected chi connectivity index (χ4v) is 2.77. The van der Waals surface area contributed by atoms with Crippen LogP contribution in [0.3, 0.4) is 0 Å². The molecule has 0 radical (unpaired) electrons. The molecule has 2 rings (SSSR count). The predicted octanol–water partition coefficient (Wildman–Crippen LogP) is 3.60. The second-order valence-electron chi connectivity index (χ2n) is 6.67. The van der Waals surface area contributed by atoms with Gasteiger partial charge in [0.2, 0.25) is 12.0 Å². The average molecular weight is 373 g/mol. The first-order chi connectivity index (χ1) is 12.9. The summed E-state index contributed by atoms with van der Waals surface area (Å²) in [6.07, 6.45) is -1.00. The van der Waals surface area contributed by atoms with Crippen LogP contribution < -0.4 is 10.1 Å². The summed E-state index contributed by atoms with van der Waals surface area (Å²) in [6.45, 7) is 3.91. The number of carboxylic acids is 1. The second-order valence-corrected chi connectivity index (χ2v) is 6.67. The first-order valence-electron chi connectivity index (χ1n) is 8.83. The number of nitrogens with one attached hydrogen (secondary N) is 1. The van der Waals surface area contributed by atoms with Gasteiger partial charge in [-0.05, 0) is 41.7 Å². The molecule has 6 heteroatoms. The van der Waals surface area contributed by atoms with Crippen LogP contribution in [0.2, 0.25) is 0 Å². The molecule has 0 bridgehead atoms. The summed E-state index contributed by atoms with van der Waals surface area (Å²) in [5.74, 6) is -1.38. The zero-order chi connectivity index (χ0) is 19.8. The van der Waals surface area contributed by atoms with Gasteiger partial charge < -0.3 is 15.2 Å². The summed E-state index contributed by atoms with van der Waals surface area (Å²) in [5, 5.41) is 11.9. The molecule has 5 nitrogen and oxygen atoms in total. The van der Waals surface area contributed by atoms with Gasteiger partial charge in [0.25, 0.3) is 0 Å². The van der Waals surface area contributed by atoms with Crippen LogP contribution in [0.5, 0.6) is 5.75 Å². The Kier molecular flexibility index (Phi) is 7.34. The van der Waals surface area contributed by atoms with Gasteiger partial charge in [-0.3, -0.25) is 4.79 Å². The Morgan fingerprint density at radius 1 is 1.07 bits per heavy atom. The van der Waals surface area contributed by atoms with Crippen molar-refractivity contribution in [2.45, 2.75) is 32.3 Å². The van der Waals surface area contributed by atoms with Crippen molar-refractivity contribution >= 4 is 11.9 Å². The van der Waals surface area contributed by atoms with E-state index in [2.05, 4.69) is 5.32 Å². The molecule has 0 aromatic heterocycles. The van der Waals surface area contributed by atoms with Crippen LogP contribution in [0.1, 0.15) is 31.7 Å². The minimum absolute atomic E-state index is 0.0347. The Morgan fingerprint density at radius 2 is 1.70 bits per heavy atom. The Bertz CT molecular complexity index is 747. The number of hydrogen-bond donors (Lipinski definition) is 2. The molecule has 0 aliphatic rings. The molecule has 0 aliphatic heterocycles. The van der Waals surface area contributed by atoms with Crippen LogP contribution in [-0.4, -0.2) is 29.6 Å². The van der Waals surface area contributed by atoms with Crippen molar-refractivity contribution in [1.82, 2.24) is 5.32 Å². The van der Waals surface area contributed by atoms with Crippen molar-refractivity contribution in [3.63, 3.8) is 0 Å². The third-order valence-corrected chi connectivity index (χ3v) is 4.29. The number of amides is 1. The molecule has 0 saturated heterocycles. The number of carbonyl (C=O) groups excluding carboxylic acids is 1. The van der Waals surface area contributed by atoms with Gasteiger partial charge in [0.15, 0.2) is 0 Å². The summed E-state index contributed by atoms with van der Waals surface area (Å²) in [6, 6.07) is 14.8. The minimum Gasteiger partial charge on any atom is -0.478 e. The molecular formula is C21H24FNO4. The monoisotopic (exact) mass is 373 g/mol. The fourth-order valence-electron chi connectivity index (χ4n) is 2.77. The molecule has 1 amide bonds. The van der Waals surface area contributed by atoms with Gasteiger partial charge in [0, 0.05) is 6.42 Å². The lowest BCUT2D eigenvalue weighted by molar-refractivity contribution is -0.145. The molecule has 0 saturated carbocycles. The molecule has 0 fully saturated rings. The van der Waals surface area contributed by atoms with Crippen molar-refractivity contribution in [2.24, 2.45) is 5.92 Å². The van der Waals surface area contributed by atoms with Gasteiger partial charge in [-0.2, -0.15) is 0 Å². The van der Waals surface area contributed by atoms with E-state index < -0.39 is 17.9 Å². The van der Waals surface area contributed by atoms with Crippen LogP contribution in [-0.2, 0) is 9.59 Å². The van der Waals surface area contributed by atoms with Crippen molar-refractivity contribution in [3.8, 4) is 5.75 Å². The lowest BCUT2D eigenvalue weighted by Crippen LogP contribution is -2.40. The third-order valence-electron chi connectivity index (χ3n) is 4.29. The first kappa shape index (κ1) is 20.4. The van der Waals surface area contributed by atoms with Gasteiger partial charge in [-0.25, -0.2) is 9.18 Å². The molecule has 144 valence electrons. The van der Waals surface area contributed by atoms with Crippen molar-refractivity contribution in [3.05, 3.63) is 66.0 Å². The quantitative estimate of drug-likeness (QED) is 0.704. The second kappa shape index (κ2) is 9.71. The van der Waals surface area contributed by atoms with Crippen LogP contribution in [0.4, 0.5) is 4.39 Å². The number of aliphatic carboxylic acids is 1. The maximum atomic E-state index is 12.9. The Labute approximate surface area is 158 Å². The van der Waals surface area contributed by atoms with Gasteiger partial charge in [0.05, 0.1) is 6.54 Å². The third kappa shape index (κ3) is 6.40. The maximum absolute atomic E-state index is 12.9. The van der Waals surface area contributed by atoms with Crippen molar-refractivity contribution in [1.29, 1.82) is 0 Å². The molecule has 2 unspecified atom stereocenters. The summed E-state index contributed by atoms with van der Waals surface area (Å²) < 4.78 is 18.3. The normalized spacial score (nSPS) is 13.0. The number of hydrogen-bond acceptors (Lipinski definition) is 3. The van der Waals surface area contributed by atoms with E-state index in [9.17, 15) is 19.1 Å². The number of carbonyl (C=O) groups is 2. The van der Waals surface area contributed by atoms with E-state index in [4.69, 9.17) is 4.74 Å². The number of benzene rings is 2. The van der Waals surface area contributed by atoms with E-state index in [0.29, 0.717) is 0 Å². The van der Waals surface area contributed by atoms with Crippen LogP contribution in [0.15, 0.2) is 54.6 Å². The SMILES string of the molecule is CC(C)C(CC(=O)NCC(Oc1ccc(F)cc1)C(=O)O)c1ccccc1. The van der Waals surface area contributed by atoms with Gasteiger partial charge in [-0.15, -0.1) is 0 Å². The van der Waals surface area contributed by atoms with Gasteiger partial charge >= 0.3 is 5.97 Å². The first-order valence-corrected chi connectivity index (χ1v) is 8.83. The topological polar surface area (TPSA) is 75.6 Å². The highest BCUT2D eigenvalue weighted by atomic mass is 19.1. The van der Waals surface area contributed by atoms with Gasteiger partial charge in [0.1, 0.15) is 11.6 Å². The maximum Gasteiger partial charge on any atom is 0.346 e. The van der Waals surface area contributed by atoms with E-state index in [1.807, 2.05) is 44.2 Å². The largest absolute Gasteiger partial charge is 0.478 e. The smallest absolute Gasteiger partial charge is 0.346 e. The van der Waals surface area contributed by atoms with Crippen LogP contribution in [0, 0.1) is 11.7 Å². The molecule has 0 spiro atoms. The molecule has 27 heavy (non-hydrogen) atoms. The van der Waals surface area contributed by atoms with E-state index in [0.717, 1.165) is 5.56 Å². The molecule has 2 atom stereocenters. The summed E-state index contributed by atoms with van der Waals surface area (Å²) in [4.78, 5) is 23.7. The molecule has 0 aliphatic carbocycles. The molecule has 2 aromatic carbocycles. The van der Waals surface area contributed by atoms with E-state index in [-0.39, 0.29) is 36.5 Å². The summed E-state index contributed by atoms with van der Waals surface area (Å²) in [5.41, 5.74) is 1.07. The van der Waals surface area contributed by atoms with Gasteiger partial charge in [-0.1, -0.05) is 44.2 Å². The minimum atomic E-state index is -1.26. The fraction of sp³-hybridized carbons (Fsp3) is 0.333. The van der Waals surface area contributed by atoms with Crippen molar-refractivity contribution in [2.75, 3.05) is 6.54 Å². The average Bonchev–Trinajstić information content (AvgIpc) is 2.65. The molecule has 2 aromatic rings.